The maximum absolute atomic E-state index is 8.49. The zero-order valence-electron chi connectivity index (χ0n) is 10.7. The van der Waals surface area contributed by atoms with Gasteiger partial charge in [-0.15, -0.1) is 0 Å². The standard InChI is InChI=1S/C15H12N4O/c16-6-2-8-20-12-4-5-13-14(9-12)19-15(18-13)11-3-1-7-17-10-11/h1,3-5,7,9-10H,2,8H2,(H,18,19). The second kappa shape index (κ2) is 5.41. The molecule has 0 bridgehead atoms. The molecule has 0 spiro atoms. The Labute approximate surface area is 115 Å². The van der Waals surface area contributed by atoms with E-state index in [0.29, 0.717) is 13.0 Å². The van der Waals surface area contributed by atoms with E-state index in [2.05, 4.69) is 15.0 Å². The van der Waals surface area contributed by atoms with E-state index in [0.717, 1.165) is 28.2 Å². The van der Waals surface area contributed by atoms with E-state index in [-0.39, 0.29) is 0 Å². The number of hydrogen-bond acceptors (Lipinski definition) is 4. The Hall–Kier alpha value is -2.87. The van der Waals surface area contributed by atoms with Gasteiger partial charge in [0.2, 0.25) is 0 Å². The minimum absolute atomic E-state index is 0.377. The number of ether oxygens (including phenoxy) is 1. The average Bonchev–Trinajstić information content (AvgIpc) is 2.92. The highest BCUT2D eigenvalue weighted by Crippen LogP contribution is 2.23. The van der Waals surface area contributed by atoms with Gasteiger partial charge < -0.3 is 9.72 Å². The zero-order valence-corrected chi connectivity index (χ0v) is 10.7. The number of H-pyrrole nitrogens is 1. The summed E-state index contributed by atoms with van der Waals surface area (Å²) >= 11 is 0. The quantitative estimate of drug-likeness (QED) is 0.735. The number of pyridine rings is 1. The highest BCUT2D eigenvalue weighted by atomic mass is 16.5. The Morgan fingerprint density at radius 2 is 2.25 bits per heavy atom. The minimum atomic E-state index is 0.377. The lowest BCUT2D eigenvalue weighted by molar-refractivity contribution is 0.327. The second-order valence-electron chi connectivity index (χ2n) is 4.26. The van der Waals surface area contributed by atoms with E-state index in [4.69, 9.17) is 10.00 Å². The van der Waals surface area contributed by atoms with Gasteiger partial charge in [-0.2, -0.15) is 5.26 Å². The summed E-state index contributed by atoms with van der Waals surface area (Å²) in [6.45, 7) is 0.394. The molecule has 0 unspecified atom stereocenters. The molecule has 1 N–H and O–H groups in total. The summed E-state index contributed by atoms with van der Waals surface area (Å²) in [6.07, 6.45) is 3.87. The summed E-state index contributed by atoms with van der Waals surface area (Å²) in [7, 11) is 0. The molecule has 2 heterocycles. The van der Waals surface area contributed by atoms with E-state index in [1.165, 1.54) is 0 Å². The number of nitrogens with one attached hydrogen (secondary N) is 1. The van der Waals surface area contributed by atoms with Crippen molar-refractivity contribution in [1.82, 2.24) is 15.0 Å². The lowest BCUT2D eigenvalue weighted by atomic mass is 10.3. The number of imidazole rings is 1. The van der Waals surface area contributed by atoms with Crippen molar-refractivity contribution in [2.24, 2.45) is 0 Å². The van der Waals surface area contributed by atoms with Crippen LogP contribution in [0.3, 0.4) is 0 Å². The van der Waals surface area contributed by atoms with Crippen LogP contribution in [0.15, 0.2) is 42.7 Å². The molecule has 2 aromatic heterocycles. The van der Waals surface area contributed by atoms with Crippen molar-refractivity contribution in [2.45, 2.75) is 6.42 Å². The van der Waals surface area contributed by atoms with Crippen molar-refractivity contribution in [1.29, 1.82) is 5.26 Å². The van der Waals surface area contributed by atoms with Crippen LogP contribution < -0.4 is 4.74 Å². The van der Waals surface area contributed by atoms with Gasteiger partial charge in [0.1, 0.15) is 18.2 Å². The van der Waals surface area contributed by atoms with E-state index in [1.54, 1.807) is 12.4 Å². The number of nitriles is 1. The van der Waals surface area contributed by atoms with Crippen LogP contribution in [-0.4, -0.2) is 21.6 Å². The first-order valence-corrected chi connectivity index (χ1v) is 6.27. The number of fused-ring (bicyclic) bond motifs is 1. The highest BCUT2D eigenvalue weighted by molar-refractivity contribution is 5.80. The molecule has 0 aliphatic carbocycles. The van der Waals surface area contributed by atoms with Crippen LogP contribution >= 0.6 is 0 Å². The van der Waals surface area contributed by atoms with Gasteiger partial charge >= 0.3 is 0 Å². The van der Waals surface area contributed by atoms with Crippen molar-refractivity contribution in [3.8, 4) is 23.2 Å². The number of hydrogen-bond donors (Lipinski definition) is 1. The van der Waals surface area contributed by atoms with Gasteiger partial charge in [0.15, 0.2) is 0 Å². The van der Waals surface area contributed by atoms with Crippen molar-refractivity contribution >= 4 is 11.0 Å². The number of benzene rings is 1. The van der Waals surface area contributed by atoms with Crippen LogP contribution in [0, 0.1) is 11.3 Å². The summed E-state index contributed by atoms with van der Waals surface area (Å²) in [4.78, 5) is 11.8. The fraction of sp³-hybridized carbons (Fsp3) is 0.133. The summed E-state index contributed by atoms with van der Waals surface area (Å²) in [5.41, 5.74) is 2.71. The molecule has 0 saturated heterocycles. The average molecular weight is 264 g/mol. The maximum atomic E-state index is 8.49. The molecular weight excluding hydrogens is 252 g/mol. The molecule has 5 heteroatoms. The van der Waals surface area contributed by atoms with Crippen LogP contribution in [0.25, 0.3) is 22.4 Å². The normalized spacial score (nSPS) is 10.3. The summed E-state index contributed by atoms with van der Waals surface area (Å²) in [5.74, 6) is 1.51. The van der Waals surface area contributed by atoms with Crippen molar-refractivity contribution < 1.29 is 4.74 Å². The Kier molecular flexibility index (Phi) is 3.29. The van der Waals surface area contributed by atoms with Crippen LogP contribution in [0.5, 0.6) is 5.75 Å². The van der Waals surface area contributed by atoms with Gasteiger partial charge in [-0.25, -0.2) is 4.98 Å². The number of rotatable bonds is 4. The monoisotopic (exact) mass is 264 g/mol. The highest BCUT2D eigenvalue weighted by Gasteiger charge is 2.06. The lowest BCUT2D eigenvalue weighted by Crippen LogP contribution is -1.95. The Balaban J connectivity index is 1.90. The molecule has 0 saturated carbocycles. The number of nitrogens with zero attached hydrogens (tertiary/aromatic N) is 3. The largest absolute Gasteiger partial charge is 0.492 e. The molecule has 0 atom stereocenters. The zero-order chi connectivity index (χ0) is 13.8. The van der Waals surface area contributed by atoms with E-state index in [1.807, 2.05) is 36.4 Å². The fourth-order valence-electron chi connectivity index (χ4n) is 1.93. The first-order valence-electron chi connectivity index (χ1n) is 6.27. The molecule has 1 aromatic carbocycles. The van der Waals surface area contributed by atoms with Crippen LogP contribution in [0.4, 0.5) is 0 Å². The molecule has 0 aliphatic heterocycles. The Bertz CT molecular complexity index is 758. The van der Waals surface area contributed by atoms with Gasteiger partial charge in [0, 0.05) is 24.0 Å². The first kappa shape index (κ1) is 12.2. The lowest BCUT2D eigenvalue weighted by Gasteiger charge is -2.02. The Morgan fingerprint density at radius 1 is 1.30 bits per heavy atom. The third-order valence-electron chi connectivity index (χ3n) is 2.87. The second-order valence-corrected chi connectivity index (χ2v) is 4.26. The summed E-state index contributed by atoms with van der Waals surface area (Å²) in [5, 5.41) is 8.49. The molecule has 98 valence electrons. The molecule has 0 fully saturated rings. The van der Waals surface area contributed by atoms with E-state index < -0.39 is 0 Å². The van der Waals surface area contributed by atoms with Gasteiger partial charge in [-0.3, -0.25) is 4.98 Å². The maximum Gasteiger partial charge on any atom is 0.140 e. The smallest absolute Gasteiger partial charge is 0.140 e. The van der Waals surface area contributed by atoms with Gasteiger partial charge in [-0.05, 0) is 24.3 Å². The molecule has 0 radical (unpaired) electrons. The minimum Gasteiger partial charge on any atom is -0.492 e. The van der Waals surface area contributed by atoms with Crippen LogP contribution in [0.1, 0.15) is 6.42 Å². The third-order valence-corrected chi connectivity index (χ3v) is 2.87. The molecule has 0 amide bonds. The predicted octanol–water partition coefficient (Wildman–Crippen LogP) is 2.92. The SMILES string of the molecule is N#CCCOc1ccc2nc(-c3cccnc3)[nH]c2c1. The van der Waals surface area contributed by atoms with E-state index >= 15 is 0 Å². The van der Waals surface area contributed by atoms with Gasteiger partial charge in [0.25, 0.3) is 0 Å². The first-order chi connectivity index (χ1) is 9.86. The van der Waals surface area contributed by atoms with E-state index in [9.17, 15) is 0 Å². The predicted molar refractivity (Wildman–Crippen MR) is 75.0 cm³/mol. The molecule has 20 heavy (non-hydrogen) atoms. The fourth-order valence-corrected chi connectivity index (χ4v) is 1.93. The summed E-state index contributed by atoms with van der Waals surface area (Å²) in [6, 6.07) is 11.5. The van der Waals surface area contributed by atoms with Crippen molar-refractivity contribution in [2.75, 3.05) is 6.61 Å². The molecule has 3 aromatic rings. The molecular formula is C15H12N4O. The van der Waals surface area contributed by atoms with Crippen molar-refractivity contribution in [3.05, 3.63) is 42.7 Å². The third kappa shape index (κ3) is 2.45. The topological polar surface area (TPSA) is 74.6 Å². The van der Waals surface area contributed by atoms with Crippen LogP contribution in [-0.2, 0) is 0 Å². The van der Waals surface area contributed by atoms with Gasteiger partial charge in [0.05, 0.1) is 23.5 Å². The Morgan fingerprint density at radius 3 is 3.05 bits per heavy atom. The number of aromatic nitrogens is 3. The van der Waals surface area contributed by atoms with Crippen LogP contribution in [0.2, 0.25) is 0 Å². The molecule has 3 rings (SSSR count). The molecule has 5 nitrogen and oxygen atoms in total. The number of aromatic amines is 1. The van der Waals surface area contributed by atoms with Crippen molar-refractivity contribution in [3.63, 3.8) is 0 Å². The van der Waals surface area contributed by atoms with Gasteiger partial charge in [-0.1, -0.05) is 0 Å². The molecule has 0 aliphatic rings. The summed E-state index contributed by atoms with van der Waals surface area (Å²) < 4.78 is 5.49.